The first-order valence-corrected chi connectivity index (χ1v) is 7.69. The lowest BCUT2D eigenvalue weighted by Crippen LogP contribution is -2.34. The van der Waals surface area contributed by atoms with E-state index in [1.165, 1.54) is 25.3 Å². The van der Waals surface area contributed by atoms with Gasteiger partial charge in [-0.05, 0) is 36.5 Å². The van der Waals surface area contributed by atoms with Gasteiger partial charge < -0.3 is 10.1 Å². The van der Waals surface area contributed by atoms with Crippen LogP contribution in [0.15, 0.2) is 18.2 Å². The highest BCUT2D eigenvalue weighted by atomic mass is 79.9. The maximum Gasteiger partial charge on any atom is 0.251 e. The van der Waals surface area contributed by atoms with Crippen molar-refractivity contribution in [2.24, 2.45) is 5.41 Å². The maximum atomic E-state index is 13.3. The number of benzene rings is 1. The van der Waals surface area contributed by atoms with E-state index in [9.17, 15) is 9.18 Å². The van der Waals surface area contributed by atoms with Crippen molar-refractivity contribution in [2.45, 2.75) is 26.7 Å². The van der Waals surface area contributed by atoms with Crippen LogP contribution < -0.4 is 10.1 Å². The fraction of sp³-hybridized carbons (Fsp3) is 0.533. The zero-order chi connectivity index (χ0) is 15.2. The zero-order valence-corrected chi connectivity index (χ0v) is 13.7. The summed E-state index contributed by atoms with van der Waals surface area (Å²) in [7, 11) is 1.38. The highest BCUT2D eigenvalue weighted by molar-refractivity contribution is 9.09. The predicted molar refractivity (Wildman–Crippen MR) is 82.1 cm³/mol. The Balaban J connectivity index is 2.63. The Labute approximate surface area is 128 Å². The Hall–Kier alpha value is -1.10. The van der Waals surface area contributed by atoms with E-state index in [2.05, 4.69) is 35.1 Å². The van der Waals surface area contributed by atoms with E-state index in [-0.39, 0.29) is 17.1 Å². The van der Waals surface area contributed by atoms with Crippen LogP contribution in [0.3, 0.4) is 0 Å². The van der Waals surface area contributed by atoms with Crippen LogP contribution in [-0.2, 0) is 0 Å². The number of rotatable bonds is 7. The molecule has 0 fully saturated rings. The van der Waals surface area contributed by atoms with Crippen molar-refractivity contribution >= 4 is 21.8 Å². The van der Waals surface area contributed by atoms with E-state index in [0.29, 0.717) is 12.1 Å². The van der Waals surface area contributed by atoms with Crippen molar-refractivity contribution in [3.05, 3.63) is 29.6 Å². The number of carbonyl (C=O) groups excluding carboxylic acids is 1. The van der Waals surface area contributed by atoms with Gasteiger partial charge in [0.1, 0.15) is 0 Å². The van der Waals surface area contributed by atoms with Crippen LogP contribution in [0.1, 0.15) is 37.0 Å². The lowest BCUT2D eigenvalue weighted by atomic mass is 9.88. The molecular weight excluding hydrogens is 325 g/mol. The molecule has 0 saturated heterocycles. The molecule has 0 aliphatic heterocycles. The monoisotopic (exact) mass is 345 g/mol. The fourth-order valence-corrected chi connectivity index (χ4v) is 2.14. The first kappa shape index (κ1) is 17.0. The first-order valence-electron chi connectivity index (χ1n) is 6.57. The van der Waals surface area contributed by atoms with Crippen LogP contribution in [-0.4, -0.2) is 24.9 Å². The van der Waals surface area contributed by atoms with Gasteiger partial charge >= 0.3 is 0 Å². The number of alkyl halides is 1. The number of hydrogen-bond donors (Lipinski definition) is 1. The standard InChI is InChI=1S/C15H21BrFNO2/c1-15(2,7-4-8-16)10-18-14(19)11-5-6-12(17)13(9-11)20-3/h5-6,9H,4,7-8,10H2,1-3H3,(H,18,19). The van der Waals surface area contributed by atoms with E-state index >= 15 is 0 Å². The van der Waals surface area contributed by atoms with Gasteiger partial charge in [0.05, 0.1) is 7.11 Å². The molecule has 0 spiro atoms. The molecule has 1 rings (SSSR count). The molecule has 1 aromatic carbocycles. The number of nitrogens with one attached hydrogen (secondary N) is 1. The van der Waals surface area contributed by atoms with Gasteiger partial charge in [-0.25, -0.2) is 4.39 Å². The summed E-state index contributed by atoms with van der Waals surface area (Å²) in [6.07, 6.45) is 2.08. The number of carbonyl (C=O) groups is 1. The van der Waals surface area contributed by atoms with Crippen molar-refractivity contribution in [1.29, 1.82) is 0 Å². The number of halogens is 2. The summed E-state index contributed by atoms with van der Waals surface area (Å²) in [5.41, 5.74) is 0.438. The van der Waals surface area contributed by atoms with E-state index in [1.54, 1.807) is 0 Å². The average molecular weight is 346 g/mol. The Bertz CT molecular complexity index is 463. The predicted octanol–water partition coefficient (Wildman–Crippen LogP) is 3.77. The molecule has 1 N–H and O–H groups in total. The van der Waals surface area contributed by atoms with Gasteiger partial charge in [0.2, 0.25) is 0 Å². The SMILES string of the molecule is COc1cc(C(=O)NCC(C)(C)CCCBr)ccc1F. The normalized spacial score (nSPS) is 11.2. The summed E-state index contributed by atoms with van der Waals surface area (Å²) in [6, 6.07) is 4.11. The minimum Gasteiger partial charge on any atom is -0.494 e. The maximum absolute atomic E-state index is 13.3. The minimum absolute atomic E-state index is 0.0353. The second kappa shape index (κ2) is 7.62. The van der Waals surface area contributed by atoms with Gasteiger partial charge in [0, 0.05) is 17.4 Å². The molecule has 1 amide bonds. The van der Waals surface area contributed by atoms with Gasteiger partial charge in [0.15, 0.2) is 11.6 Å². The fourth-order valence-electron chi connectivity index (χ4n) is 1.86. The quantitative estimate of drug-likeness (QED) is 0.764. The highest BCUT2D eigenvalue weighted by Gasteiger charge is 2.19. The van der Waals surface area contributed by atoms with Crippen molar-refractivity contribution in [3.63, 3.8) is 0 Å². The van der Waals surface area contributed by atoms with Crippen LogP contribution >= 0.6 is 15.9 Å². The molecular formula is C15H21BrFNO2. The topological polar surface area (TPSA) is 38.3 Å². The minimum atomic E-state index is -0.471. The number of methoxy groups -OCH3 is 1. The summed E-state index contributed by atoms with van der Waals surface area (Å²) in [5, 5.41) is 3.84. The summed E-state index contributed by atoms with van der Waals surface area (Å²) < 4.78 is 18.2. The van der Waals surface area contributed by atoms with E-state index in [4.69, 9.17) is 4.74 Å². The Kier molecular flexibility index (Phi) is 6.46. The van der Waals surface area contributed by atoms with Crippen LogP contribution in [0.25, 0.3) is 0 Å². The smallest absolute Gasteiger partial charge is 0.251 e. The molecule has 5 heteroatoms. The Morgan fingerprint density at radius 3 is 2.75 bits per heavy atom. The Morgan fingerprint density at radius 2 is 2.15 bits per heavy atom. The van der Waals surface area contributed by atoms with Gasteiger partial charge in [-0.15, -0.1) is 0 Å². The van der Waals surface area contributed by atoms with Crippen molar-refractivity contribution in [1.82, 2.24) is 5.32 Å². The molecule has 1 aromatic rings. The summed E-state index contributed by atoms with van der Waals surface area (Å²) in [6.45, 7) is 4.81. The molecule has 0 unspecified atom stereocenters. The van der Waals surface area contributed by atoms with Gasteiger partial charge in [0.25, 0.3) is 5.91 Å². The third kappa shape index (κ3) is 5.12. The number of amides is 1. The van der Waals surface area contributed by atoms with Gasteiger partial charge in [-0.2, -0.15) is 0 Å². The largest absolute Gasteiger partial charge is 0.494 e. The van der Waals surface area contributed by atoms with Gasteiger partial charge in [-0.3, -0.25) is 4.79 Å². The molecule has 0 radical (unpaired) electrons. The first-order chi connectivity index (χ1) is 9.39. The van der Waals surface area contributed by atoms with Gasteiger partial charge in [-0.1, -0.05) is 29.8 Å². The molecule has 0 aliphatic rings. The molecule has 0 atom stereocenters. The zero-order valence-electron chi connectivity index (χ0n) is 12.1. The van der Waals surface area contributed by atoms with Crippen LogP contribution in [0.4, 0.5) is 4.39 Å². The molecule has 0 heterocycles. The van der Waals surface area contributed by atoms with Crippen LogP contribution in [0.2, 0.25) is 0 Å². The summed E-state index contributed by atoms with van der Waals surface area (Å²) in [4.78, 5) is 12.0. The van der Waals surface area contributed by atoms with Crippen molar-refractivity contribution < 1.29 is 13.9 Å². The number of hydrogen-bond acceptors (Lipinski definition) is 2. The molecule has 112 valence electrons. The van der Waals surface area contributed by atoms with E-state index < -0.39 is 5.82 Å². The molecule has 0 aromatic heterocycles. The van der Waals surface area contributed by atoms with E-state index in [0.717, 1.165) is 18.2 Å². The highest BCUT2D eigenvalue weighted by Crippen LogP contribution is 2.22. The summed E-state index contributed by atoms with van der Waals surface area (Å²) >= 11 is 3.40. The average Bonchev–Trinajstić information content (AvgIpc) is 2.43. The molecule has 0 aliphatic carbocycles. The third-order valence-electron chi connectivity index (χ3n) is 3.13. The molecule has 20 heavy (non-hydrogen) atoms. The molecule has 3 nitrogen and oxygen atoms in total. The number of ether oxygens (including phenoxy) is 1. The van der Waals surface area contributed by atoms with Crippen LogP contribution in [0.5, 0.6) is 5.75 Å². The lowest BCUT2D eigenvalue weighted by Gasteiger charge is -2.24. The lowest BCUT2D eigenvalue weighted by molar-refractivity contribution is 0.0934. The molecule has 0 saturated carbocycles. The summed E-state index contributed by atoms with van der Waals surface area (Å²) in [5.74, 6) is -0.604. The third-order valence-corrected chi connectivity index (χ3v) is 3.69. The second-order valence-electron chi connectivity index (χ2n) is 5.49. The van der Waals surface area contributed by atoms with Crippen LogP contribution in [0, 0.1) is 11.2 Å². The van der Waals surface area contributed by atoms with Crippen molar-refractivity contribution in [3.8, 4) is 5.75 Å². The van der Waals surface area contributed by atoms with E-state index in [1.807, 2.05) is 0 Å². The second-order valence-corrected chi connectivity index (χ2v) is 6.28. The molecule has 0 bridgehead atoms. The Morgan fingerprint density at radius 1 is 1.45 bits per heavy atom. The van der Waals surface area contributed by atoms with Crippen molar-refractivity contribution in [2.75, 3.05) is 19.0 Å².